The van der Waals surface area contributed by atoms with Crippen LogP contribution in [0.5, 0.6) is 0 Å². The van der Waals surface area contributed by atoms with Gasteiger partial charge >= 0.3 is 12.1 Å². The van der Waals surface area contributed by atoms with E-state index in [2.05, 4.69) is 4.98 Å². The topological polar surface area (TPSA) is 81.9 Å². The Morgan fingerprint density at radius 2 is 1.91 bits per heavy atom. The zero-order valence-corrected chi connectivity index (χ0v) is 18.5. The molecule has 7 nitrogen and oxygen atoms in total. The Bertz CT molecular complexity index is 1120. The number of benzene rings is 2. The van der Waals surface area contributed by atoms with Crippen molar-refractivity contribution < 1.29 is 23.5 Å². The van der Waals surface area contributed by atoms with Gasteiger partial charge in [-0.2, -0.15) is 0 Å². The number of hydrogen-bond acceptors (Lipinski definition) is 6. The van der Waals surface area contributed by atoms with E-state index in [9.17, 15) is 9.59 Å². The molecule has 2 heterocycles. The highest BCUT2D eigenvalue weighted by atomic mass is 16.6. The summed E-state index contributed by atoms with van der Waals surface area (Å²) in [7, 11) is 0. The lowest BCUT2D eigenvalue weighted by Crippen LogP contribution is -2.38. The second-order valence-corrected chi connectivity index (χ2v) is 8.34. The molecule has 1 aliphatic rings. The summed E-state index contributed by atoms with van der Waals surface area (Å²) in [6.45, 7) is 5.89. The molecule has 0 bridgehead atoms. The van der Waals surface area contributed by atoms with E-state index in [-0.39, 0.29) is 19.2 Å². The van der Waals surface area contributed by atoms with E-state index in [0.29, 0.717) is 18.9 Å². The Kier molecular flexibility index (Phi) is 5.99. The van der Waals surface area contributed by atoms with Crippen molar-refractivity contribution in [3.63, 3.8) is 0 Å². The Balaban J connectivity index is 1.58. The highest BCUT2D eigenvalue weighted by Gasteiger charge is 2.43. The van der Waals surface area contributed by atoms with Gasteiger partial charge in [0.05, 0.1) is 11.9 Å². The minimum absolute atomic E-state index is 0.169. The molecular weight excluding hydrogens is 408 g/mol. The number of oxazole rings is 1. The van der Waals surface area contributed by atoms with E-state index < -0.39 is 11.5 Å². The number of aryl methyl sites for hydroxylation is 1. The summed E-state index contributed by atoms with van der Waals surface area (Å²) in [6, 6.07) is 15.5. The van der Waals surface area contributed by atoms with Gasteiger partial charge in [0, 0.05) is 32.2 Å². The Morgan fingerprint density at radius 1 is 1.12 bits per heavy atom. The van der Waals surface area contributed by atoms with E-state index in [1.165, 1.54) is 6.92 Å². The van der Waals surface area contributed by atoms with Gasteiger partial charge in [-0.1, -0.05) is 49.4 Å². The fourth-order valence-corrected chi connectivity index (χ4v) is 3.96. The Morgan fingerprint density at radius 3 is 2.59 bits per heavy atom. The minimum atomic E-state index is -0.555. The second-order valence-electron chi connectivity index (χ2n) is 8.34. The molecule has 2 aromatic carbocycles. The molecule has 1 amide bonds. The molecule has 7 heteroatoms. The van der Waals surface area contributed by atoms with Crippen molar-refractivity contribution in [2.24, 2.45) is 0 Å². The summed E-state index contributed by atoms with van der Waals surface area (Å²) in [5, 5.41) is 0. The van der Waals surface area contributed by atoms with Crippen LogP contribution in [-0.4, -0.2) is 30.2 Å². The molecule has 1 unspecified atom stereocenters. The molecule has 1 aromatic heterocycles. The van der Waals surface area contributed by atoms with Crippen molar-refractivity contribution in [2.45, 2.75) is 39.2 Å². The summed E-state index contributed by atoms with van der Waals surface area (Å²) in [4.78, 5) is 30.2. The fourth-order valence-electron chi connectivity index (χ4n) is 3.96. The number of nitrogens with zero attached hydrogens (tertiary/aromatic N) is 2. The summed E-state index contributed by atoms with van der Waals surface area (Å²) in [5.41, 5.74) is 3.08. The van der Waals surface area contributed by atoms with Gasteiger partial charge < -0.3 is 13.9 Å². The summed E-state index contributed by atoms with van der Waals surface area (Å²) in [5.74, 6) is 1.03. The molecular formula is C25H26N2O5. The number of anilines is 1. The molecule has 0 fully saturated rings. The predicted octanol–water partition coefficient (Wildman–Crippen LogP) is 4.55. The third-order valence-electron chi connectivity index (χ3n) is 5.58. The molecule has 166 valence electrons. The van der Waals surface area contributed by atoms with Crippen LogP contribution >= 0.6 is 0 Å². The first-order valence-corrected chi connectivity index (χ1v) is 10.5. The summed E-state index contributed by atoms with van der Waals surface area (Å²) >= 11 is 0. The number of rotatable bonds is 6. The number of ether oxygens (including phenoxy) is 2. The summed E-state index contributed by atoms with van der Waals surface area (Å²) < 4.78 is 16.5. The zero-order valence-electron chi connectivity index (χ0n) is 18.5. The van der Waals surface area contributed by atoms with Crippen LogP contribution in [0.2, 0.25) is 0 Å². The first-order chi connectivity index (χ1) is 15.3. The van der Waals surface area contributed by atoms with Gasteiger partial charge in [-0.05, 0) is 22.8 Å². The van der Waals surface area contributed by atoms with Crippen molar-refractivity contribution >= 4 is 17.7 Å². The van der Waals surface area contributed by atoms with Crippen LogP contribution in [0, 0.1) is 6.92 Å². The van der Waals surface area contributed by atoms with Gasteiger partial charge in [-0.3, -0.25) is 9.69 Å². The normalized spacial score (nSPS) is 17.2. The highest BCUT2D eigenvalue weighted by molar-refractivity contribution is 5.91. The smallest absolute Gasteiger partial charge is 0.414 e. The van der Waals surface area contributed by atoms with Crippen molar-refractivity contribution in [3.05, 3.63) is 83.1 Å². The summed E-state index contributed by atoms with van der Waals surface area (Å²) in [6.07, 6.45) is 1.87. The van der Waals surface area contributed by atoms with Gasteiger partial charge in [0.2, 0.25) is 0 Å². The number of carbonyl (C=O) groups is 2. The third kappa shape index (κ3) is 4.66. The van der Waals surface area contributed by atoms with Crippen molar-refractivity contribution in [2.75, 3.05) is 18.1 Å². The lowest BCUT2D eigenvalue weighted by atomic mass is 9.84. The van der Waals surface area contributed by atoms with Crippen molar-refractivity contribution in [3.8, 4) is 0 Å². The van der Waals surface area contributed by atoms with Crippen LogP contribution in [0.3, 0.4) is 0 Å². The quantitative estimate of drug-likeness (QED) is 0.530. The van der Waals surface area contributed by atoms with Gasteiger partial charge in [-0.25, -0.2) is 9.78 Å². The standard InChI is InChI=1S/C25H26N2O5/c1-17-26-13-21(32-17)11-20-9-10-23-22(12-20)25(3,16-31-18(2)28)15-27(23)24(29)30-14-19-7-5-4-6-8-19/h4-10,12-13H,11,14-16H2,1-3H3. The lowest BCUT2D eigenvalue weighted by molar-refractivity contribution is -0.142. The van der Waals surface area contributed by atoms with Crippen LogP contribution in [0.4, 0.5) is 10.5 Å². The van der Waals surface area contributed by atoms with Crippen LogP contribution in [-0.2, 0) is 32.7 Å². The van der Waals surface area contributed by atoms with Crippen LogP contribution in [0.25, 0.3) is 0 Å². The molecule has 1 atom stereocenters. The molecule has 1 aliphatic heterocycles. The van der Waals surface area contributed by atoms with Crippen LogP contribution < -0.4 is 4.90 Å². The van der Waals surface area contributed by atoms with E-state index >= 15 is 0 Å². The second kappa shape index (κ2) is 8.86. The fraction of sp³-hybridized carbons (Fsp3) is 0.320. The SMILES string of the molecule is CC(=O)OCC1(C)CN(C(=O)OCc2ccccc2)c2ccc(Cc3cnc(C)o3)cc21. The van der Waals surface area contributed by atoms with Gasteiger partial charge in [0.15, 0.2) is 5.89 Å². The first kappa shape index (κ1) is 21.6. The number of hydrogen-bond donors (Lipinski definition) is 0. The number of fused-ring (bicyclic) bond motifs is 1. The van der Waals surface area contributed by atoms with Crippen molar-refractivity contribution in [1.29, 1.82) is 0 Å². The number of aromatic nitrogens is 1. The zero-order chi connectivity index (χ0) is 22.7. The monoisotopic (exact) mass is 434 g/mol. The third-order valence-corrected chi connectivity index (χ3v) is 5.58. The van der Waals surface area contributed by atoms with Gasteiger partial charge in [0.1, 0.15) is 19.0 Å². The largest absolute Gasteiger partial charge is 0.465 e. The van der Waals surface area contributed by atoms with Gasteiger partial charge in [-0.15, -0.1) is 0 Å². The minimum Gasteiger partial charge on any atom is -0.465 e. The van der Waals surface area contributed by atoms with Crippen molar-refractivity contribution in [1.82, 2.24) is 4.98 Å². The Labute approximate surface area is 187 Å². The Hall–Kier alpha value is -3.61. The molecule has 0 saturated heterocycles. The maximum Gasteiger partial charge on any atom is 0.414 e. The number of amides is 1. The lowest BCUT2D eigenvalue weighted by Gasteiger charge is -2.25. The molecule has 0 saturated carbocycles. The average Bonchev–Trinajstić information content (AvgIpc) is 3.32. The van der Waals surface area contributed by atoms with Crippen LogP contribution in [0.15, 0.2) is 59.1 Å². The molecule has 32 heavy (non-hydrogen) atoms. The molecule has 0 aliphatic carbocycles. The van der Waals surface area contributed by atoms with Gasteiger partial charge in [0.25, 0.3) is 0 Å². The molecule has 0 radical (unpaired) electrons. The highest BCUT2D eigenvalue weighted by Crippen LogP contribution is 2.42. The maximum absolute atomic E-state index is 13.0. The van der Waals surface area contributed by atoms with Crippen LogP contribution in [0.1, 0.15) is 42.2 Å². The molecule has 3 aromatic rings. The van der Waals surface area contributed by atoms with E-state index in [0.717, 1.165) is 28.1 Å². The van der Waals surface area contributed by atoms with E-state index in [1.54, 1.807) is 18.0 Å². The molecule has 0 spiro atoms. The maximum atomic E-state index is 13.0. The first-order valence-electron chi connectivity index (χ1n) is 10.5. The van der Waals surface area contributed by atoms with E-state index in [1.807, 2.05) is 55.5 Å². The number of esters is 1. The molecule has 0 N–H and O–H groups in total. The number of carbonyl (C=O) groups excluding carboxylic acids is 2. The average molecular weight is 434 g/mol. The molecule has 4 rings (SSSR count). The van der Waals surface area contributed by atoms with E-state index in [4.69, 9.17) is 13.9 Å². The predicted molar refractivity (Wildman–Crippen MR) is 118 cm³/mol.